The van der Waals surface area contributed by atoms with Crippen LogP contribution in [0.1, 0.15) is 33.9 Å². The Morgan fingerprint density at radius 1 is 1.19 bits per heavy atom. The monoisotopic (exact) mass is 354 g/mol. The maximum absolute atomic E-state index is 12.5. The Morgan fingerprint density at radius 3 is 2.62 bits per heavy atom. The Kier molecular flexibility index (Phi) is 4.51. The van der Waals surface area contributed by atoms with Crippen LogP contribution < -0.4 is 5.32 Å². The summed E-state index contributed by atoms with van der Waals surface area (Å²) in [5, 5.41) is 2.92. The first-order chi connectivity index (χ1) is 12.6. The van der Waals surface area contributed by atoms with E-state index in [1.807, 2.05) is 17.0 Å². The van der Waals surface area contributed by atoms with Crippen molar-refractivity contribution in [2.75, 3.05) is 13.7 Å². The molecule has 2 aromatic rings. The quantitative estimate of drug-likeness (QED) is 0.891. The lowest BCUT2D eigenvalue weighted by Crippen LogP contribution is -2.41. The zero-order valence-corrected chi connectivity index (χ0v) is 14.7. The number of ether oxygens (including phenoxy) is 1. The molecule has 1 aliphatic carbocycles. The molecule has 6 nitrogen and oxygen atoms in total. The minimum Gasteiger partial charge on any atom is -0.453 e. The first-order valence-electron chi connectivity index (χ1n) is 8.89. The van der Waals surface area contributed by atoms with Crippen molar-refractivity contribution in [1.29, 1.82) is 0 Å². The highest BCUT2D eigenvalue weighted by Gasteiger charge is 2.37. The minimum absolute atomic E-state index is 0.104. The summed E-state index contributed by atoms with van der Waals surface area (Å²) < 4.78 is 10.4. The van der Waals surface area contributed by atoms with Gasteiger partial charge in [0.1, 0.15) is 12.4 Å². The molecule has 1 fully saturated rings. The zero-order chi connectivity index (χ0) is 18.1. The molecule has 1 aliphatic heterocycles. The highest BCUT2D eigenvalue weighted by atomic mass is 16.5. The van der Waals surface area contributed by atoms with Crippen molar-refractivity contribution in [1.82, 2.24) is 10.2 Å². The van der Waals surface area contributed by atoms with E-state index in [0.29, 0.717) is 25.3 Å². The second-order valence-corrected chi connectivity index (χ2v) is 6.95. The van der Waals surface area contributed by atoms with Crippen molar-refractivity contribution >= 4 is 11.8 Å². The van der Waals surface area contributed by atoms with Gasteiger partial charge in [0.25, 0.3) is 5.91 Å². The number of hydrogen-bond acceptors (Lipinski definition) is 4. The van der Waals surface area contributed by atoms with E-state index in [1.165, 1.54) is 11.1 Å². The summed E-state index contributed by atoms with van der Waals surface area (Å²) in [5.74, 6) is 0.663. The van der Waals surface area contributed by atoms with Gasteiger partial charge >= 0.3 is 0 Å². The molecule has 1 atom stereocenters. The maximum atomic E-state index is 12.5. The third-order valence-corrected chi connectivity index (χ3v) is 5.14. The second-order valence-electron chi connectivity index (χ2n) is 6.95. The number of likely N-dealkylation sites (tertiary alicyclic amines) is 1. The minimum atomic E-state index is -0.290. The molecule has 26 heavy (non-hydrogen) atoms. The molecular weight excluding hydrogens is 332 g/mol. The average Bonchev–Trinajstić information content (AvgIpc) is 3.33. The first-order valence-corrected chi connectivity index (χ1v) is 8.89. The number of benzene rings is 1. The largest absolute Gasteiger partial charge is 0.453 e. The molecule has 0 spiro atoms. The number of fused-ring (bicyclic) bond motifs is 1. The molecule has 0 saturated carbocycles. The van der Waals surface area contributed by atoms with E-state index in [0.717, 1.165) is 12.8 Å². The third-order valence-electron chi connectivity index (χ3n) is 5.14. The Balaban J connectivity index is 1.37. The fourth-order valence-corrected chi connectivity index (χ4v) is 3.91. The normalized spacial score (nSPS) is 19.8. The van der Waals surface area contributed by atoms with E-state index in [2.05, 4.69) is 17.4 Å². The number of carbonyl (C=O) groups is 2. The molecule has 2 aliphatic rings. The van der Waals surface area contributed by atoms with Crippen LogP contribution in [0.5, 0.6) is 0 Å². The molecular formula is C20H22N2O4. The van der Waals surface area contributed by atoms with Crippen molar-refractivity contribution in [2.45, 2.75) is 38.0 Å². The van der Waals surface area contributed by atoms with Gasteiger partial charge in [0.2, 0.25) is 5.91 Å². The molecule has 4 rings (SSSR count). The SMILES string of the molecule is COCc1ccc(C(=O)N[C@@H]2CC(=O)N(C3Cc4ccccc4C3)C2)o1. The molecule has 6 heteroatoms. The van der Waals surface area contributed by atoms with Crippen LogP contribution in [0.15, 0.2) is 40.8 Å². The zero-order valence-electron chi connectivity index (χ0n) is 14.7. The summed E-state index contributed by atoms with van der Waals surface area (Å²) >= 11 is 0. The van der Waals surface area contributed by atoms with E-state index >= 15 is 0 Å². The van der Waals surface area contributed by atoms with Gasteiger partial charge in [-0.05, 0) is 36.1 Å². The number of amides is 2. The van der Waals surface area contributed by atoms with E-state index < -0.39 is 0 Å². The van der Waals surface area contributed by atoms with E-state index in [9.17, 15) is 9.59 Å². The van der Waals surface area contributed by atoms with Crippen LogP contribution in [0.2, 0.25) is 0 Å². The van der Waals surface area contributed by atoms with Gasteiger partial charge in [0.15, 0.2) is 5.76 Å². The fourth-order valence-electron chi connectivity index (χ4n) is 3.91. The van der Waals surface area contributed by atoms with Crippen LogP contribution in [-0.4, -0.2) is 42.5 Å². The lowest BCUT2D eigenvalue weighted by molar-refractivity contribution is -0.129. The summed E-state index contributed by atoms with van der Waals surface area (Å²) in [7, 11) is 1.57. The molecule has 2 heterocycles. The molecule has 0 bridgehead atoms. The van der Waals surface area contributed by atoms with Crippen LogP contribution in [0.25, 0.3) is 0 Å². The van der Waals surface area contributed by atoms with Gasteiger partial charge in [-0.2, -0.15) is 0 Å². The number of hydrogen-bond donors (Lipinski definition) is 1. The number of furan rings is 1. The number of rotatable bonds is 5. The summed E-state index contributed by atoms with van der Waals surface area (Å²) in [6.07, 6.45) is 2.12. The van der Waals surface area contributed by atoms with Gasteiger partial charge in [-0.3, -0.25) is 9.59 Å². The predicted octanol–water partition coefficient (Wildman–Crippen LogP) is 1.92. The Bertz CT molecular complexity index is 804. The van der Waals surface area contributed by atoms with E-state index in [1.54, 1.807) is 19.2 Å². The van der Waals surface area contributed by atoms with Gasteiger partial charge in [-0.1, -0.05) is 24.3 Å². The maximum Gasteiger partial charge on any atom is 0.287 e. The molecule has 136 valence electrons. The van der Waals surface area contributed by atoms with E-state index in [4.69, 9.17) is 9.15 Å². The molecule has 2 amide bonds. The van der Waals surface area contributed by atoms with Gasteiger partial charge in [-0.25, -0.2) is 0 Å². The van der Waals surface area contributed by atoms with Crippen LogP contribution >= 0.6 is 0 Å². The van der Waals surface area contributed by atoms with Crippen LogP contribution in [-0.2, 0) is 29.0 Å². The Morgan fingerprint density at radius 2 is 1.92 bits per heavy atom. The summed E-state index contributed by atoms with van der Waals surface area (Å²) in [4.78, 5) is 26.7. The lowest BCUT2D eigenvalue weighted by atomic mass is 10.1. The summed E-state index contributed by atoms with van der Waals surface area (Å²) in [6.45, 7) is 0.875. The van der Waals surface area contributed by atoms with Gasteiger partial charge in [0, 0.05) is 26.1 Å². The van der Waals surface area contributed by atoms with Crippen LogP contribution in [0, 0.1) is 0 Å². The van der Waals surface area contributed by atoms with Gasteiger partial charge in [0.05, 0.1) is 6.04 Å². The van der Waals surface area contributed by atoms with E-state index in [-0.39, 0.29) is 29.7 Å². The fraction of sp³-hybridized carbons (Fsp3) is 0.400. The first kappa shape index (κ1) is 16.8. The topological polar surface area (TPSA) is 71.8 Å². The molecule has 1 aromatic heterocycles. The predicted molar refractivity (Wildman–Crippen MR) is 94.6 cm³/mol. The number of carbonyl (C=O) groups excluding carboxylic acids is 2. The average molecular weight is 354 g/mol. The van der Waals surface area contributed by atoms with Crippen molar-refractivity contribution < 1.29 is 18.7 Å². The van der Waals surface area contributed by atoms with Crippen LogP contribution in [0.4, 0.5) is 0 Å². The molecule has 1 N–H and O–H groups in total. The van der Waals surface area contributed by atoms with Crippen molar-refractivity contribution in [3.05, 3.63) is 59.0 Å². The Hall–Kier alpha value is -2.60. The smallest absolute Gasteiger partial charge is 0.287 e. The third kappa shape index (κ3) is 3.24. The highest BCUT2D eigenvalue weighted by Crippen LogP contribution is 2.28. The molecule has 0 radical (unpaired) electrons. The van der Waals surface area contributed by atoms with Gasteiger partial charge in [-0.15, -0.1) is 0 Å². The Labute approximate surface area is 152 Å². The highest BCUT2D eigenvalue weighted by molar-refractivity contribution is 5.92. The van der Waals surface area contributed by atoms with Gasteiger partial charge < -0.3 is 19.4 Å². The molecule has 1 aromatic carbocycles. The van der Waals surface area contributed by atoms with Crippen molar-refractivity contribution in [3.8, 4) is 0 Å². The van der Waals surface area contributed by atoms with Crippen molar-refractivity contribution in [3.63, 3.8) is 0 Å². The van der Waals surface area contributed by atoms with Crippen LogP contribution in [0.3, 0.4) is 0 Å². The number of nitrogens with zero attached hydrogens (tertiary/aromatic N) is 1. The van der Waals surface area contributed by atoms with Crippen molar-refractivity contribution in [2.24, 2.45) is 0 Å². The summed E-state index contributed by atoms with van der Waals surface area (Å²) in [6, 6.07) is 11.7. The summed E-state index contributed by atoms with van der Waals surface area (Å²) in [5.41, 5.74) is 2.64. The molecule has 0 unspecified atom stereocenters. The second kappa shape index (κ2) is 6.96. The standard InChI is InChI=1S/C20H22N2O4/c1-25-12-17-6-7-18(26-17)20(24)21-15-10-19(23)22(11-15)16-8-13-4-2-3-5-14(13)9-16/h2-7,15-16H,8-12H2,1H3,(H,21,24)/t15-/m1/s1. The lowest BCUT2D eigenvalue weighted by Gasteiger charge is -2.24. The number of methoxy groups -OCH3 is 1. The number of nitrogens with one attached hydrogen (secondary N) is 1. The molecule has 1 saturated heterocycles.